The number of hydrogen-bond acceptors (Lipinski definition) is 5. The average molecular weight is 287 g/mol. The fourth-order valence-corrected chi connectivity index (χ4v) is 2.89. The third kappa shape index (κ3) is 2.67. The van der Waals surface area contributed by atoms with E-state index in [0.29, 0.717) is 23.0 Å². The zero-order valence-corrected chi connectivity index (χ0v) is 11.7. The number of hydrogen-bond donors (Lipinski definition) is 1. The van der Waals surface area contributed by atoms with E-state index in [1.807, 2.05) is 0 Å². The maximum Gasteiger partial charge on any atom is 0.279 e. The SMILES string of the molecule is O=[N+]([O-])c1cc(CN2CCCCC2)c(O)c2ncccc12. The molecule has 6 nitrogen and oxygen atoms in total. The molecule has 0 saturated carbocycles. The average Bonchev–Trinajstić information content (AvgIpc) is 2.51. The number of nitrogens with zero attached hydrogens (tertiary/aromatic N) is 3. The van der Waals surface area contributed by atoms with Crippen molar-refractivity contribution in [3.05, 3.63) is 40.1 Å². The first-order valence-corrected chi connectivity index (χ1v) is 7.13. The van der Waals surface area contributed by atoms with Crippen molar-refractivity contribution >= 4 is 16.6 Å². The molecule has 0 bridgehead atoms. The number of benzene rings is 1. The quantitative estimate of drug-likeness (QED) is 0.693. The Morgan fingerprint density at radius 1 is 1.33 bits per heavy atom. The number of phenolic OH excluding ortho intramolecular Hbond substituents is 1. The molecule has 1 fully saturated rings. The van der Waals surface area contributed by atoms with Gasteiger partial charge in [-0.25, -0.2) is 0 Å². The third-order valence-corrected chi connectivity index (χ3v) is 3.96. The van der Waals surface area contributed by atoms with Gasteiger partial charge in [0.25, 0.3) is 5.69 Å². The fourth-order valence-electron chi connectivity index (χ4n) is 2.89. The molecule has 1 N–H and O–H groups in total. The van der Waals surface area contributed by atoms with E-state index in [1.165, 1.54) is 18.7 Å². The lowest BCUT2D eigenvalue weighted by Gasteiger charge is -2.26. The first kappa shape index (κ1) is 13.8. The zero-order valence-electron chi connectivity index (χ0n) is 11.7. The summed E-state index contributed by atoms with van der Waals surface area (Å²) in [4.78, 5) is 17.2. The number of nitro groups is 1. The number of aromatic hydroxyl groups is 1. The van der Waals surface area contributed by atoms with E-state index in [2.05, 4.69) is 9.88 Å². The maximum absolute atomic E-state index is 11.3. The van der Waals surface area contributed by atoms with Crippen LogP contribution in [0.15, 0.2) is 24.4 Å². The standard InChI is InChI=1S/C15H17N3O3/c19-15-11(10-17-7-2-1-3-8-17)9-13(18(20)21)12-5-4-6-16-14(12)15/h4-6,9,19H,1-3,7-8,10H2. The van der Waals surface area contributed by atoms with Crippen molar-refractivity contribution in [3.63, 3.8) is 0 Å². The second-order valence-electron chi connectivity index (χ2n) is 5.40. The molecule has 1 aliphatic heterocycles. The van der Waals surface area contributed by atoms with Gasteiger partial charge in [0, 0.05) is 24.4 Å². The molecule has 1 aromatic carbocycles. The van der Waals surface area contributed by atoms with Gasteiger partial charge in [-0.1, -0.05) is 6.42 Å². The highest BCUT2D eigenvalue weighted by atomic mass is 16.6. The largest absolute Gasteiger partial charge is 0.505 e. The minimum Gasteiger partial charge on any atom is -0.505 e. The molecule has 0 aliphatic carbocycles. The smallest absolute Gasteiger partial charge is 0.279 e. The van der Waals surface area contributed by atoms with Gasteiger partial charge in [0.1, 0.15) is 11.3 Å². The Hall–Kier alpha value is -2.21. The lowest BCUT2D eigenvalue weighted by Crippen LogP contribution is -2.29. The van der Waals surface area contributed by atoms with E-state index in [4.69, 9.17) is 0 Å². The highest BCUT2D eigenvalue weighted by molar-refractivity contribution is 5.93. The number of non-ortho nitro benzene ring substituents is 1. The number of phenols is 1. The van der Waals surface area contributed by atoms with Crippen LogP contribution in [0.1, 0.15) is 24.8 Å². The molecule has 1 aromatic heterocycles. The molecule has 0 amide bonds. The van der Waals surface area contributed by atoms with Crippen LogP contribution < -0.4 is 0 Å². The highest BCUT2D eigenvalue weighted by Crippen LogP contribution is 2.35. The molecular formula is C15H17N3O3. The van der Waals surface area contributed by atoms with Crippen LogP contribution in [0.4, 0.5) is 5.69 Å². The summed E-state index contributed by atoms with van der Waals surface area (Å²) in [5.74, 6) is 0.0572. The van der Waals surface area contributed by atoms with Crippen LogP contribution in [0.3, 0.4) is 0 Å². The van der Waals surface area contributed by atoms with Crippen molar-refractivity contribution in [2.75, 3.05) is 13.1 Å². The maximum atomic E-state index is 11.3. The number of nitro benzene ring substituents is 1. The van der Waals surface area contributed by atoms with Crippen molar-refractivity contribution in [1.29, 1.82) is 0 Å². The molecule has 1 aliphatic rings. The second-order valence-corrected chi connectivity index (χ2v) is 5.40. The summed E-state index contributed by atoms with van der Waals surface area (Å²) in [6.07, 6.45) is 5.03. The Morgan fingerprint density at radius 2 is 2.10 bits per heavy atom. The first-order chi connectivity index (χ1) is 10.2. The normalized spacial score (nSPS) is 16.2. The molecule has 2 aromatic rings. The van der Waals surface area contributed by atoms with Crippen molar-refractivity contribution in [3.8, 4) is 5.75 Å². The lowest BCUT2D eigenvalue weighted by atomic mass is 10.1. The fraction of sp³-hybridized carbons (Fsp3) is 0.400. The number of fused-ring (bicyclic) bond motifs is 1. The Bertz CT molecular complexity index is 681. The highest BCUT2D eigenvalue weighted by Gasteiger charge is 2.21. The molecule has 1 saturated heterocycles. The summed E-state index contributed by atoms with van der Waals surface area (Å²) in [6, 6.07) is 4.73. The lowest BCUT2D eigenvalue weighted by molar-refractivity contribution is -0.383. The van der Waals surface area contributed by atoms with Crippen LogP contribution in [0, 0.1) is 10.1 Å². The summed E-state index contributed by atoms with van der Waals surface area (Å²) in [5.41, 5.74) is 0.886. The summed E-state index contributed by atoms with van der Waals surface area (Å²) in [5, 5.41) is 22.0. The van der Waals surface area contributed by atoms with Gasteiger partial charge in [-0.2, -0.15) is 0 Å². The van der Waals surface area contributed by atoms with Gasteiger partial charge in [0.2, 0.25) is 0 Å². The van der Waals surface area contributed by atoms with Crippen molar-refractivity contribution < 1.29 is 10.0 Å². The molecule has 2 heterocycles. The molecule has 0 radical (unpaired) electrons. The Kier molecular flexibility index (Phi) is 3.70. The zero-order chi connectivity index (χ0) is 14.8. The molecule has 3 rings (SSSR count). The monoisotopic (exact) mass is 287 g/mol. The number of piperidine rings is 1. The minimum absolute atomic E-state index is 0.00269. The van der Waals surface area contributed by atoms with E-state index in [1.54, 1.807) is 12.1 Å². The van der Waals surface area contributed by atoms with Crippen molar-refractivity contribution in [2.24, 2.45) is 0 Å². The summed E-state index contributed by atoms with van der Waals surface area (Å²) in [6.45, 7) is 2.46. The van der Waals surface area contributed by atoms with Gasteiger partial charge < -0.3 is 5.11 Å². The van der Waals surface area contributed by atoms with Gasteiger partial charge in [0.15, 0.2) is 0 Å². The van der Waals surface area contributed by atoms with E-state index in [-0.39, 0.29) is 11.4 Å². The number of rotatable bonds is 3. The summed E-state index contributed by atoms with van der Waals surface area (Å²) >= 11 is 0. The number of aromatic nitrogens is 1. The van der Waals surface area contributed by atoms with Crippen LogP contribution >= 0.6 is 0 Å². The van der Waals surface area contributed by atoms with Crippen molar-refractivity contribution in [1.82, 2.24) is 9.88 Å². The Morgan fingerprint density at radius 3 is 2.81 bits per heavy atom. The van der Waals surface area contributed by atoms with Crippen molar-refractivity contribution in [2.45, 2.75) is 25.8 Å². The van der Waals surface area contributed by atoms with Gasteiger partial charge in [0.05, 0.1) is 10.3 Å². The molecule has 110 valence electrons. The van der Waals surface area contributed by atoms with Crippen LogP contribution in [0.2, 0.25) is 0 Å². The molecule has 0 spiro atoms. The molecule has 0 atom stereocenters. The van der Waals surface area contributed by atoms with Crippen LogP contribution in [0.5, 0.6) is 5.75 Å². The van der Waals surface area contributed by atoms with E-state index >= 15 is 0 Å². The van der Waals surface area contributed by atoms with Gasteiger partial charge in [-0.15, -0.1) is 0 Å². The summed E-state index contributed by atoms with van der Waals surface area (Å²) in [7, 11) is 0. The second kappa shape index (κ2) is 5.65. The van der Waals surface area contributed by atoms with Crippen LogP contribution in [0.25, 0.3) is 10.9 Å². The van der Waals surface area contributed by atoms with E-state index in [9.17, 15) is 15.2 Å². The molecule has 0 unspecified atom stereocenters. The van der Waals surface area contributed by atoms with Gasteiger partial charge >= 0.3 is 0 Å². The topological polar surface area (TPSA) is 79.5 Å². The van der Waals surface area contributed by atoms with Crippen LogP contribution in [-0.4, -0.2) is 33.0 Å². The van der Waals surface area contributed by atoms with Gasteiger partial charge in [-0.05, 0) is 38.1 Å². The number of pyridine rings is 1. The Balaban J connectivity index is 2.05. The van der Waals surface area contributed by atoms with E-state index in [0.717, 1.165) is 25.9 Å². The molecular weight excluding hydrogens is 270 g/mol. The Labute approximate surface area is 122 Å². The summed E-state index contributed by atoms with van der Waals surface area (Å²) < 4.78 is 0. The third-order valence-electron chi connectivity index (χ3n) is 3.96. The van der Waals surface area contributed by atoms with Gasteiger partial charge in [-0.3, -0.25) is 20.0 Å². The predicted octanol–water partition coefficient (Wildman–Crippen LogP) is 2.83. The molecule has 21 heavy (non-hydrogen) atoms. The first-order valence-electron chi connectivity index (χ1n) is 7.13. The minimum atomic E-state index is -0.414. The van der Waals surface area contributed by atoms with E-state index < -0.39 is 4.92 Å². The molecule has 6 heteroatoms. The number of likely N-dealkylation sites (tertiary alicyclic amines) is 1. The predicted molar refractivity (Wildman–Crippen MR) is 79.2 cm³/mol. The van der Waals surface area contributed by atoms with Crippen LogP contribution in [-0.2, 0) is 6.54 Å².